The fourth-order valence-electron chi connectivity index (χ4n) is 4.40. The Morgan fingerprint density at radius 3 is 2.38 bits per heavy atom. The molecule has 37 heavy (non-hydrogen) atoms. The summed E-state index contributed by atoms with van der Waals surface area (Å²) in [6, 6.07) is 9.74. The minimum atomic E-state index is -3.23. The third kappa shape index (κ3) is 4.78. The lowest BCUT2D eigenvalue weighted by atomic mass is 10.0. The first-order chi connectivity index (χ1) is 17.3. The molecule has 0 saturated heterocycles. The van der Waals surface area contributed by atoms with Crippen molar-refractivity contribution < 1.29 is 31.5 Å². The van der Waals surface area contributed by atoms with Gasteiger partial charge in [0.05, 0.1) is 46.3 Å². The fraction of sp³-hybridized carbons (Fsp3) is 0.269. The number of rotatable bonds is 3. The quantitative estimate of drug-likeness (QED) is 0.506. The number of ether oxygens (including phenoxy) is 1. The number of fused-ring (bicyclic) bond motifs is 2. The summed E-state index contributed by atoms with van der Waals surface area (Å²) >= 11 is 0. The molecule has 5 rings (SSSR count). The topological polar surface area (TPSA) is 106 Å². The van der Waals surface area contributed by atoms with E-state index >= 15 is 0 Å². The molecule has 0 fully saturated rings. The second-order valence-electron chi connectivity index (χ2n) is 9.99. The van der Waals surface area contributed by atoms with Crippen molar-refractivity contribution in [3.8, 4) is 11.3 Å². The van der Waals surface area contributed by atoms with E-state index < -0.39 is 39.1 Å². The van der Waals surface area contributed by atoms with Crippen LogP contribution in [0, 0.1) is 11.6 Å². The Hall–Kier alpha value is -3.86. The Kier molecular flexibility index (Phi) is 5.78. The molecule has 3 aromatic rings. The number of benzene rings is 2. The molecule has 0 saturated carbocycles. The van der Waals surface area contributed by atoms with Crippen molar-refractivity contribution in [2.75, 3.05) is 5.32 Å². The Labute approximate surface area is 212 Å². The molecule has 2 aliphatic rings. The van der Waals surface area contributed by atoms with Gasteiger partial charge in [-0.15, -0.1) is 0 Å². The molecule has 2 amide bonds. The van der Waals surface area contributed by atoms with Crippen LogP contribution >= 0.6 is 0 Å². The maximum absolute atomic E-state index is 14.6. The van der Waals surface area contributed by atoms with Crippen LogP contribution < -0.4 is 5.32 Å². The summed E-state index contributed by atoms with van der Waals surface area (Å²) in [7, 11) is -3.23. The van der Waals surface area contributed by atoms with Crippen LogP contribution in [0.1, 0.15) is 48.0 Å². The average Bonchev–Trinajstić information content (AvgIpc) is 3.27. The van der Waals surface area contributed by atoms with Crippen molar-refractivity contribution in [3.63, 3.8) is 0 Å². The molecule has 0 atom stereocenters. The normalized spacial score (nSPS) is 15.9. The van der Waals surface area contributed by atoms with Crippen molar-refractivity contribution in [1.82, 2.24) is 9.88 Å². The summed E-state index contributed by atoms with van der Waals surface area (Å²) in [5, 5.41) is 3.07. The maximum Gasteiger partial charge on any atom is 0.417 e. The summed E-state index contributed by atoms with van der Waals surface area (Å²) in [5.74, 6) is -2.51. The van der Waals surface area contributed by atoms with Gasteiger partial charge in [0.2, 0.25) is 0 Å². The summed E-state index contributed by atoms with van der Waals surface area (Å²) in [6.07, 6.45) is -0.872. The van der Waals surface area contributed by atoms with Gasteiger partial charge in [0.25, 0.3) is 5.91 Å². The highest BCUT2D eigenvalue weighted by Gasteiger charge is 2.39. The van der Waals surface area contributed by atoms with Gasteiger partial charge in [-0.05, 0) is 62.2 Å². The van der Waals surface area contributed by atoms with E-state index in [4.69, 9.17) is 4.74 Å². The van der Waals surface area contributed by atoms with Crippen molar-refractivity contribution in [2.45, 2.75) is 44.4 Å². The molecule has 192 valence electrons. The molecule has 3 heterocycles. The van der Waals surface area contributed by atoms with Gasteiger partial charge in [0, 0.05) is 5.69 Å². The minimum Gasteiger partial charge on any atom is -0.443 e. The molecule has 0 radical (unpaired) electrons. The summed E-state index contributed by atoms with van der Waals surface area (Å²) in [5.41, 5.74) is 0.835. The Morgan fingerprint density at radius 1 is 1.03 bits per heavy atom. The predicted molar refractivity (Wildman–Crippen MR) is 132 cm³/mol. The molecule has 0 spiro atoms. The third-order valence-electron chi connectivity index (χ3n) is 5.93. The molecular weight excluding hydrogens is 504 g/mol. The number of carbonyl (C=O) groups excluding carboxylic acids is 2. The van der Waals surface area contributed by atoms with Gasteiger partial charge in [-0.25, -0.2) is 31.9 Å². The summed E-state index contributed by atoms with van der Waals surface area (Å²) in [4.78, 5) is 31.2. The third-order valence-corrected chi connectivity index (χ3v) is 7.43. The zero-order valence-corrected chi connectivity index (χ0v) is 21.1. The second kappa shape index (κ2) is 8.62. The number of halogens is 2. The standard InChI is InChI=1S/C26H23F2N3O5S/c1-26(2,3)36-25(33)31-11-21-23(24(31)32)20(10-19(30-21)22-17(27)5-4-6-18(22)28)29-16-8-7-14-12-37(34,35)13-15(14)9-16/h4-10H,11-13H2,1-3H3,(H,29,30). The van der Waals surface area contributed by atoms with Gasteiger partial charge < -0.3 is 10.1 Å². The summed E-state index contributed by atoms with van der Waals surface area (Å²) < 4.78 is 58.6. The molecule has 0 unspecified atom stereocenters. The molecule has 2 aromatic carbocycles. The zero-order valence-electron chi connectivity index (χ0n) is 20.3. The van der Waals surface area contributed by atoms with Crippen LogP contribution in [0.15, 0.2) is 42.5 Å². The number of hydrogen-bond acceptors (Lipinski definition) is 7. The maximum atomic E-state index is 14.6. The average molecular weight is 528 g/mol. The first kappa shape index (κ1) is 24.8. The first-order valence-electron chi connectivity index (χ1n) is 11.4. The minimum absolute atomic E-state index is 0.0483. The Bertz CT molecular complexity index is 1560. The van der Waals surface area contributed by atoms with E-state index in [0.717, 1.165) is 17.0 Å². The number of nitrogens with one attached hydrogen (secondary N) is 1. The number of carbonyl (C=O) groups is 2. The van der Waals surface area contributed by atoms with E-state index in [0.29, 0.717) is 16.8 Å². The van der Waals surface area contributed by atoms with Crippen LogP contribution in [-0.4, -0.2) is 35.9 Å². The highest BCUT2D eigenvalue weighted by molar-refractivity contribution is 7.90. The van der Waals surface area contributed by atoms with Gasteiger partial charge in [-0.3, -0.25) is 4.79 Å². The van der Waals surface area contributed by atoms with Crippen LogP contribution in [-0.2, 0) is 32.6 Å². The van der Waals surface area contributed by atoms with E-state index in [9.17, 15) is 26.8 Å². The number of aromatic nitrogens is 1. The van der Waals surface area contributed by atoms with Gasteiger partial charge in [0.15, 0.2) is 9.84 Å². The van der Waals surface area contributed by atoms with Crippen LogP contribution in [0.25, 0.3) is 11.3 Å². The van der Waals surface area contributed by atoms with E-state index in [-0.39, 0.29) is 46.3 Å². The molecule has 1 aromatic heterocycles. The van der Waals surface area contributed by atoms with Crippen molar-refractivity contribution >= 4 is 33.2 Å². The van der Waals surface area contributed by atoms with Crippen LogP contribution in [0.2, 0.25) is 0 Å². The van der Waals surface area contributed by atoms with E-state index in [1.807, 2.05) is 0 Å². The van der Waals surface area contributed by atoms with Gasteiger partial charge in [-0.1, -0.05) is 12.1 Å². The zero-order chi connectivity index (χ0) is 26.7. The van der Waals surface area contributed by atoms with E-state index in [2.05, 4.69) is 10.3 Å². The first-order valence-corrected chi connectivity index (χ1v) is 13.3. The number of nitrogens with zero attached hydrogens (tertiary/aromatic N) is 2. The number of hydrogen-bond donors (Lipinski definition) is 1. The van der Waals surface area contributed by atoms with Gasteiger partial charge in [0.1, 0.15) is 17.2 Å². The van der Waals surface area contributed by atoms with Crippen molar-refractivity contribution in [1.29, 1.82) is 0 Å². The lowest BCUT2D eigenvalue weighted by molar-refractivity contribution is 0.0247. The lowest BCUT2D eigenvalue weighted by Crippen LogP contribution is -2.37. The Balaban J connectivity index is 1.60. The predicted octanol–water partition coefficient (Wildman–Crippen LogP) is 5.09. The number of sulfone groups is 1. The van der Waals surface area contributed by atoms with Gasteiger partial charge >= 0.3 is 6.09 Å². The number of anilines is 2. The van der Waals surface area contributed by atoms with Gasteiger partial charge in [-0.2, -0.15) is 0 Å². The van der Waals surface area contributed by atoms with Crippen molar-refractivity contribution in [3.05, 3.63) is 76.5 Å². The van der Waals surface area contributed by atoms with E-state index in [1.54, 1.807) is 39.0 Å². The highest BCUT2D eigenvalue weighted by Crippen LogP contribution is 2.37. The number of imide groups is 1. The van der Waals surface area contributed by atoms with Crippen LogP contribution in [0.5, 0.6) is 0 Å². The SMILES string of the molecule is CC(C)(C)OC(=O)N1Cc2nc(-c3c(F)cccc3F)cc(Nc3ccc4c(c3)CS(=O)(=O)C4)c2C1=O. The second-order valence-corrected chi connectivity index (χ2v) is 12.1. The number of pyridine rings is 1. The van der Waals surface area contributed by atoms with Crippen molar-refractivity contribution in [2.24, 2.45) is 0 Å². The van der Waals surface area contributed by atoms with Crippen LogP contribution in [0.4, 0.5) is 25.0 Å². The molecule has 0 aliphatic carbocycles. The number of amides is 2. The summed E-state index contributed by atoms with van der Waals surface area (Å²) in [6.45, 7) is 4.74. The fourth-order valence-corrected chi connectivity index (χ4v) is 6.00. The molecule has 11 heteroatoms. The highest BCUT2D eigenvalue weighted by atomic mass is 32.2. The molecular formula is C26H23F2N3O5S. The monoisotopic (exact) mass is 527 g/mol. The molecule has 2 aliphatic heterocycles. The Morgan fingerprint density at radius 2 is 1.70 bits per heavy atom. The molecule has 8 nitrogen and oxygen atoms in total. The van der Waals surface area contributed by atoms with Crippen LogP contribution in [0.3, 0.4) is 0 Å². The van der Waals surface area contributed by atoms with E-state index in [1.165, 1.54) is 12.1 Å². The lowest BCUT2D eigenvalue weighted by Gasteiger charge is -2.23. The smallest absolute Gasteiger partial charge is 0.417 e. The largest absolute Gasteiger partial charge is 0.443 e. The molecule has 1 N–H and O–H groups in total. The molecule has 0 bridgehead atoms.